The molecule has 0 saturated heterocycles. The monoisotopic (exact) mass is 273 g/mol. The van der Waals surface area contributed by atoms with Gasteiger partial charge in [-0.2, -0.15) is 5.10 Å². The van der Waals surface area contributed by atoms with Crippen LogP contribution in [0.4, 0.5) is 5.69 Å². The summed E-state index contributed by atoms with van der Waals surface area (Å²) in [6.07, 6.45) is 1.42. The molecule has 6 heteroatoms. The fraction of sp³-hybridized carbons (Fsp3) is 0.357. The van der Waals surface area contributed by atoms with Gasteiger partial charge in [0.25, 0.3) is 0 Å². The second-order valence-corrected chi connectivity index (χ2v) is 5.31. The summed E-state index contributed by atoms with van der Waals surface area (Å²) >= 11 is 0. The summed E-state index contributed by atoms with van der Waals surface area (Å²) in [6, 6.07) is 7.11. The number of hydrogen-bond donors (Lipinski definition) is 3. The van der Waals surface area contributed by atoms with Crippen molar-refractivity contribution in [2.24, 2.45) is 0 Å². The van der Waals surface area contributed by atoms with Crippen LogP contribution in [0.1, 0.15) is 38.2 Å². The second kappa shape index (κ2) is 5.32. The molecule has 1 unspecified atom stereocenters. The van der Waals surface area contributed by atoms with Gasteiger partial charge in [0.15, 0.2) is 0 Å². The highest BCUT2D eigenvalue weighted by molar-refractivity contribution is 5.87. The van der Waals surface area contributed by atoms with E-state index in [1.807, 2.05) is 32.9 Å². The molecule has 2 aromatic rings. The van der Waals surface area contributed by atoms with Gasteiger partial charge >= 0.3 is 0 Å². The maximum Gasteiger partial charge on any atom is 0.230 e. The predicted octanol–water partition coefficient (Wildman–Crippen LogP) is 1.54. The predicted molar refractivity (Wildman–Crippen MR) is 76.8 cm³/mol. The number of anilines is 1. The third-order valence-electron chi connectivity index (χ3n) is 3.39. The Morgan fingerprint density at radius 2 is 2.00 bits per heavy atom. The number of amides is 1. The zero-order valence-electron chi connectivity index (χ0n) is 11.8. The first-order valence-electron chi connectivity index (χ1n) is 6.43. The van der Waals surface area contributed by atoms with Crippen LogP contribution < -0.4 is 11.1 Å². The largest absolute Gasteiger partial charge is 0.399 e. The molecule has 0 bridgehead atoms. The molecule has 1 aromatic carbocycles. The van der Waals surface area contributed by atoms with Gasteiger partial charge in [-0.25, -0.2) is 4.98 Å². The lowest BCUT2D eigenvalue weighted by atomic mass is 9.83. The minimum absolute atomic E-state index is 0.0776. The van der Waals surface area contributed by atoms with E-state index in [-0.39, 0.29) is 11.9 Å². The first-order chi connectivity index (χ1) is 9.41. The van der Waals surface area contributed by atoms with Gasteiger partial charge < -0.3 is 11.1 Å². The highest BCUT2D eigenvalue weighted by Crippen LogP contribution is 2.25. The lowest BCUT2D eigenvalue weighted by Gasteiger charge is -2.26. The SMILES string of the molecule is CC(NC(=O)C(C)(C)c1ccc(N)cc1)c1ncn[nH]1. The number of aromatic nitrogens is 3. The number of nitrogens with one attached hydrogen (secondary N) is 2. The number of benzene rings is 1. The lowest BCUT2D eigenvalue weighted by Crippen LogP contribution is -2.41. The van der Waals surface area contributed by atoms with Crippen LogP contribution in [0.5, 0.6) is 0 Å². The van der Waals surface area contributed by atoms with Crippen molar-refractivity contribution in [2.75, 3.05) is 5.73 Å². The van der Waals surface area contributed by atoms with E-state index in [4.69, 9.17) is 5.73 Å². The summed E-state index contributed by atoms with van der Waals surface area (Å²) in [5, 5.41) is 9.46. The smallest absolute Gasteiger partial charge is 0.230 e. The summed E-state index contributed by atoms with van der Waals surface area (Å²) in [6.45, 7) is 5.61. The molecule has 1 amide bonds. The van der Waals surface area contributed by atoms with Crippen LogP contribution in [-0.2, 0) is 10.2 Å². The molecule has 0 aliphatic heterocycles. The molecule has 4 N–H and O–H groups in total. The number of hydrogen-bond acceptors (Lipinski definition) is 4. The zero-order valence-corrected chi connectivity index (χ0v) is 11.8. The Kier molecular flexibility index (Phi) is 3.74. The molecular formula is C14H19N5O. The number of aromatic amines is 1. The molecule has 0 saturated carbocycles. The molecule has 0 aliphatic rings. The fourth-order valence-corrected chi connectivity index (χ4v) is 1.90. The van der Waals surface area contributed by atoms with Crippen molar-refractivity contribution in [3.8, 4) is 0 Å². The number of carbonyl (C=O) groups is 1. The van der Waals surface area contributed by atoms with Crippen LogP contribution in [0.3, 0.4) is 0 Å². The van der Waals surface area contributed by atoms with Crippen LogP contribution in [0, 0.1) is 0 Å². The maximum absolute atomic E-state index is 12.5. The average molecular weight is 273 g/mol. The summed E-state index contributed by atoms with van der Waals surface area (Å²) in [7, 11) is 0. The van der Waals surface area contributed by atoms with Crippen LogP contribution in [-0.4, -0.2) is 21.1 Å². The number of nitrogen functional groups attached to an aromatic ring is 1. The van der Waals surface area contributed by atoms with Gasteiger partial charge in [0.1, 0.15) is 12.2 Å². The van der Waals surface area contributed by atoms with Crippen molar-refractivity contribution in [3.63, 3.8) is 0 Å². The van der Waals surface area contributed by atoms with Gasteiger partial charge in [0.2, 0.25) is 5.91 Å². The van der Waals surface area contributed by atoms with Crippen LogP contribution in [0.25, 0.3) is 0 Å². The Bertz CT molecular complexity index is 574. The average Bonchev–Trinajstić information content (AvgIpc) is 2.93. The Balaban J connectivity index is 2.13. The summed E-state index contributed by atoms with van der Waals surface area (Å²) in [5.74, 6) is 0.553. The molecular weight excluding hydrogens is 254 g/mol. The lowest BCUT2D eigenvalue weighted by molar-refractivity contribution is -0.126. The number of H-pyrrole nitrogens is 1. The van der Waals surface area contributed by atoms with Crippen molar-refractivity contribution in [1.82, 2.24) is 20.5 Å². The van der Waals surface area contributed by atoms with Gasteiger partial charge in [0, 0.05) is 5.69 Å². The van der Waals surface area contributed by atoms with Crippen LogP contribution >= 0.6 is 0 Å². The highest BCUT2D eigenvalue weighted by atomic mass is 16.2. The van der Waals surface area contributed by atoms with E-state index in [0.29, 0.717) is 11.5 Å². The molecule has 0 fully saturated rings. The number of nitrogens with zero attached hydrogens (tertiary/aromatic N) is 2. The van der Waals surface area contributed by atoms with E-state index in [9.17, 15) is 4.79 Å². The van der Waals surface area contributed by atoms with Gasteiger partial charge in [0.05, 0.1) is 11.5 Å². The molecule has 20 heavy (non-hydrogen) atoms. The van der Waals surface area contributed by atoms with E-state index >= 15 is 0 Å². The number of nitrogens with two attached hydrogens (primary N) is 1. The van der Waals surface area contributed by atoms with Gasteiger partial charge in [-0.1, -0.05) is 12.1 Å². The van der Waals surface area contributed by atoms with Gasteiger partial charge in [-0.3, -0.25) is 9.89 Å². The fourth-order valence-electron chi connectivity index (χ4n) is 1.90. The Hall–Kier alpha value is -2.37. The van der Waals surface area contributed by atoms with Crippen LogP contribution in [0.15, 0.2) is 30.6 Å². The molecule has 6 nitrogen and oxygen atoms in total. The minimum atomic E-state index is -0.651. The van der Waals surface area contributed by atoms with Gasteiger partial charge in [-0.15, -0.1) is 0 Å². The van der Waals surface area contributed by atoms with E-state index in [2.05, 4.69) is 20.5 Å². The van der Waals surface area contributed by atoms with E-state index in [1.54, 1.807) is 12.1 Å². The zero-order chi connectivity index (χ0) is 14.8. The second-order valence-electron chi connectivity index (χ2n) is 5.31. The van der Waals surface area contributed by atoms with E-state index < -0.39 is 5.41 Å². The minimum Gasteiger partial charge on any atom is -0.399 e. The Labute approximate surface area is 117 Å². The quantitative estimate of drug-likeness (QED) is 0.736. The molecule has 0 radical (unpaired) electrons. The van der Waals surface area contributed by atoms with Crippen molar-refractivity contribution in [3.05, 3.63) is 42.0 Å². The third-order valence-corrected chi connectivity index (χ3v) is 3.39. The van der Waals surface area contributed by atoms with Crippen molar-refractivity contribution < 1.29 is 4.79 Å². The third kappa shape index (κ3) is 2.79. The van der Waals surface area contributed by atoms with Gasteiger partial charge in [-0.05, 0) is 38.5 Å². The van der Waals surface area contributed by atoms with Crippen LogP contribution in [0.2, 0.25) is 0 Å². The Morgan fingerprint density at radius 1 is 1.35 bits per heavy atom. The van der Waals surface area contributed by atoms with E-state index in [1.165, 1.54) is 6.33 Å². The summed E-state index contributed by atoms with van der Waals surface area (Å²) < 4.78 is 0. The van der Waals surface area contributed by atoms with E-state index in [0.717, 1.165) is 5.56 Å². The molecule has 1 atom stereocenters. The standard InChI is InChI=1S/C14H19N5O/c1-9(12-16-8-17-19-12)18-13(20)14(2,3)10-4-6-11(15)7-5-10/h4-9H,15H2,1-3H3,(H,18,20)(H,16,17,19). The summed E-state index contributed by atoms with van der Waals surface area (Å²) in [4.78, 5) is 16.5. The molecule has 1 aromatic heterocycles. The molecule has 106 valence electrons. The number of rotatable bonds is 4. The number of carbonyl (C=O) groups excluding carboxylic acids is 1. The first-order valence-corrected chi connectivity index (χ1v) is 6.43. The summed E-state index contributed by atoms with van der Waals surface area (Å²) in [5.41, 5.74) is 6.61. The molecule has 2 rings (SSSR count). The normalized spacial score (nSPS) is 12.9. The van der Waals surface area contributed by atoms with Crippen molar-refractivity contribution in [2.45, 2.75) is 32.2 Å². The molecule has 0 spiro atoms. The molecule has 0 aliphatic carbocycles. The van der Waals surface area contributed by atoms with Crippen molar-refractivity contribution in [1.29, 1.82) is 0 Å². The topological polar surface area (TPSA) is 96.7 Å². The maximum atomic E-state index is 12.5. The molecule has 1 heterocycles. The van der Waals surface area contributed by atoms with Crippen molar-refractivity contribution >= 4 is 11.6 Å². The highest BCUT2D eigenvalue weighted by Gasteiger charge is 2.31. The first kappa shape index (κ1) is 14.0. The Morgan fingerprint density at radius 3 is 2.55 bits per heavy atom.